The summed E-state index contributed by atoms with van der Waals surface area (Å²) >= 11 is 1.35. The van der Waals surface area contributed by atoms with Gasteiger partial charge in [-0.1, -0.05) is 23.8 Å². The highest BCUT2D eigenvalue weighted by molar-refractivity contribution is 7.15. The highest BCUT2D eigenvalue weighted by Gasteiger charge is 2.25. The quantitative estimate of drug-likeness (QED) is 0.516. The number of rotatable bonds is 7. The van der Waals surface area contributed by atoms with E-state index < -0.39 is 5.97 Å². The van der Waals surface area contributed by atoms with Crippen molar-refractivity contribution < 1.29 is 14.3 Å². The molecule has 1 aromatic carbocycles. The number of nitrogens with one attached hydrogen (secondary N) is 1. The van der Waals surface area contributed by atoms with Crippen LogP contribution < -0.4 is 10.2 Å². The number of hydrogen-bond acceptors (Lipinski definition) is 8. The summed E-state index contributed by atoms with van der Waals surface area (Å²) in [5.41, 5.74) is 4.39. The Balaban J connectivity index is 1.45. The van der Waals surface area contributed by atoms with Gasteiger partial charge in [-0.05, 0) is 38.0 Å². The van der Waals surface area contributed by atoms with Crippen molar-refractivity contribution >= 4 is 34.2 Å². The van der Waals surface area contributed by atoms with Gasteiger partial charge in [-0.15, -0.1) is 11.3 Å². The van der Waals surface area contributed by atoms with Gasteiger partial charge in [0.05, 0.1) is 13.2 Å². The summed E-state index contributed by atoms with van der Waals surface area (Å²) in [6.07, 6.45) is 3.47. The summed E-state index contributed by atoms with van der Waals surface area (Å²) in [5.74, 6) is 0.137. The number of carbonyl (C=O) groups is 2. The SMILES string of the molecule is CCOC(=O)c1c(-c2ccc(C)cc2C)csc1NC(=O)CN1CCN(c2ncccn2)CC1. The van der Waals surface area contributed by atoms with Crippen molar-refractivity contribution in [2.75, 3.05) is 49.5 Å². The van der Waals surface area contributed by atoms with Crippen LogP contribution in [0.2, 0.25) is 0 Å². The van der Waals surface area contributed by atoms with E-state index in [1.165, 1.54) is 11.3 Å². The molecule has 1 saturated heterocycles. The molecule has 1 amide bonds. The first kappa shape index (κ1) is 23.8. The number of esters is 1. The number of hydrogen-bond donors (Lipinski definition) is 1. The lowest BCUT2D eigenvalue weighted by atomic mass is 9.97. The van der Waals surface area contributed by atoms with Gasteiger partial charge in [0.2, 0.25) is 11.9 Å². The molecule has 1 aliphatic heterocycles. The minimum absolute atomic E-state index is 0.149. The van der Waals surface area contributed by atoms with Crippen molar-refractivity contribution in [1.29, 1.82) is 0 Å². The molecular formula is C25H29N5O3S. The van der Waals surface area contributed by atoms with E-state index in [4.69, 9.17) is 4.74 Å². The van der Waals surface area contributed by atoms with Crippen molar-refractivity contribution in [2.45, 2.75) is 20.8 Å². The number of ether oxygens (including phenoxy) is 1. The van der Waals surface area contributed by atoms with Gasteiger partial charge in [-0.25, -0.2) is 14.8 Å². The van der Waals surface area contributed by atoms with Gasteiger partial charge in [-0.3, -0.25) is 9.69 Å². The van der Waals surface area contributed by atoms with Gasteiger partial charge in [-0.2, -0.15) is 0 Å². The van der Waals surface area contributed by atoms with Crippen LogP contribution in [0.1, 0.15) is 28.4 Å². The summed E-state index contributed by atoms with van der Waals surface area (Å²) in [6, 6.07) is 7.91. The molecule has 3 heterocycles. The number of aromatic nitrogens is 2. The average Bonchev–Trinajstić information content (AvgIpc) is 3.23. The van der Waals surface area contributed by atoms with E-state index in [9.17, 15) is 9.59 Å². The maximum Gasteiger partial charge on any atom is 0.341 e. The van der Waals surface area contributed by atoms with Gasteiger partial charge >= 0.3 is 5.97 Å². The number of benzene rings is 1. The van der Waals surface area contributed by atoms with Gasteiger partial charge < -0.3 is 15.0 Å². The Hall–Kier alpha value is -3.30. The number of carbonyl (C=O) groups excluding carboxylic acids is 2. The van der Waals surface area contributed by atoms with E-state index in [0.29, 0.717) is 16.5 Å². The summed E-state index contributed by atoms with van der Waals surface area (Å²) in [4.78, 5) is 38.5. The molecule has 34 heavy (non-hydrogen) atoms. The van der Waals surface area contributed by atoms with Crippen LogP contribution in [0.4, 0.5) is 10.9 Å². The minimum atomic E-state index is -0.425. The molecule has 0 saturated carbocycles. The Morgan fingerprint density at radius 3 is 2.50 bits per heavy atom. The highest BCUT2D eigenvalue weighted by Crippen LogP contribution is 2.38. The monoisotopic (exact) mass is 479 g/mol. The van der Waals surface area contributed by atoms with Crippen LogP contribution in [0, 0.1) is 13.8 Å². The van der Waals surface area contributed by atoms with Crippen LogP contribution in [0.25, 0.3) is 11.1 Å². The van der Waals surface area contributed by atoms with Crippen molar-refractivity contribution in [1.82, 2.24) is 14.9 Å². The van der Waals surface area contributed by atoms with Crippen LogP contribution in [0.15, 0.2) is 42.0 Å². The summed E-state index contributed by atoms with van der Waals surface area (Å²) < 4.78 is 5.33. The number of anilines is 2. The minimum Gasteiger partial charge on any atom is -0.462 e. The van der Waals surface area contributed by atoms with Gasteiger partial charge in [0, 0.05) is 49.5 Å². The molecule has 0 aliphatic carbocycles. The van der Waals surface area contributed by atoms with Crippen LogP contribution >= 0.6 is 11.3 Å². The Morgan fingerprint density at radius 2 is 1.82 bits per heavy atom. The first-order chi connectivity index (χ1) is 16.5. The molecule has 178 valence electrons. The first-order valence-electron chi connectivity index (χ1n) is 11.4. The maximum absolute atomic E-state index is 12.9. The Labute approximate surface area is 203 Å². The zero-order valence-electron chi connectivity index (χ0n) is 19.7. The molecular weight excluding hydrogens is 450 g/mol. The molecule has 1 N–H and O–H groups in total. The average molecular weight is 480 g/mol. The van der Waals surface area contributed by atoms with Crippen LogP contribution in [0.5, 0.6) is 0 Å². The Kier molecular flexibility index (Phi) is 7.54. The molecule has 0 bridgehead atoms. The maximum atomic E-state index is 12.9. The second kappa shape index (κ2) is 10.8. The molecule has 0 radical (unpaired) electrons. The fourth-order valence-electron chi connectivity index (χ4n) is 4.10. The van der Waals surface area contributed by atoms with E-state index >= 15 is 0 Å². The zero-order valence-corrected chi connectivity index (χ0v) is 20.5. The molecule has 0 unspecified atom stereocenters. The second-order valence-electron chi connectivity index (χ2n) is 8.25. The zero-order chi connectivity index (χ0) is 24.1. The van der Waals surface area contributed by atoms with Gasteiger partial charge in [0.25, 0.3) is 0 Å². The van der Waals surface area contributed by atoms with Gasteiger partial charge in [0.15, 0.2) is 0 Å². The third kappa shape index (κ3) is 5.43. The van der Waals surface area contributed by atoms with Gasteiger partial charge in [0.1, 0.15) is 10.6 Å². The predicted molar refractivity (Wildman–Crippen MR) is 135 cm³/mol. The topological polar surface area (TPSA) is 87.7 Å². The van der Waals surface area contributed by atoms with Crippen LogP contribution in [-0.4, -0.2) is 66.1 Å². The van der Waals surface area contributed by atoms with E-state index in [1.807, 2.05) is 31.4 Å². The van der Waals surface area contributed by atoms with Crippen molar-refractivity contribution in [3.63, 3.8) is 0 Å². The molecule has 3 aromatic rings. The largest absolute Gasteiger partial charge is 0.462 e. The molecule has 9 heteroatoms. The standard InChI is InChI=1S/C25H29N5O3S/c1-4-33-24(32)22-20(19-7-6-17(2)14-18(19)3)16-34-23(22)28-21(31)15-29-10-12-30(13-11-29)25-26-8-5-9-27-25/h5-9,14,16H,4,10-13,15H2,1-3H3,(H,28,31). The lowest BCUT2D eigenvalue weighted by molar-refractivity contribution is -0.117. The number of piperazine rings is 1. The molecule has 2 aromatic heterocycles. The van der Waals surface area contributed by atoms with E-state index in [2.05, 4.69) is 31.2 Å². The molecule has 0 atom stereocenters. The summed E-state index contributed by atoms with van der Waals surface area (Å²) in [5, 5.41) is 5.40. The molecule has 0 spiro atoms. The van der Waals surface area contributed by atoms with Crippen LogP contribution in [-0.2, 0) is 9.53 Å². The predicted octanol–water partition coefficient (Wildman–Crippen LogP) is 3.76. The van der Waals surface area contributed by atoms with Crippen molar-refractivity contribution in [3.05, 3.63) is 58.7 Å². The van der Waals surface area contributed by atoms with Crippen LogP contribution in [0.3, 0.4) is 0 Å². The van der Waals surface area contributed by atoms with Crippen molar-refractivity contribution in [3.8, 4) is 11.1 Å². The Morgan fingerprint density at radius 1 is 1.09 bits per heavy atom. The number of aryl methyl sites for hydroxylation is 2. The fourth-order valence-corrected chi connectivity index (χ4v) is 5.06. The van der Waals surface area contributed by atoms with E-state index in [0.717, 1.165) is 48.4 Å². The molecule has 1 fully saturated rings. The number of thiophene rings is 1. The van der Waals surface area contributed by atoms with E-state index in [1.54, 1.807) is 25.4 Å². The third-order valence-corrected chi connectivity index (χ3v) is 6.67. The lowest BCUT2D eigenvalue weighted by Gasteiger charge is -2.34. The van der Waals surface area contributed by atoms with E-state index in [-0.39, 0.29) is 19.1 Å². The summed E-state index contributed by atoms with van der Waals surface area (Å²) in [7, 11) is 0. The molecule has 4 rings (SSSR count). The van der Waals surface area contributed by atoms with Crippen molar-refractivity contribution in [2.24, 2.45) is 0 Å². The molecule has 8 nitrogen and oxygen atoms in total. The fraction of sp³-hybridized carbons (Fsp3) is 0.360. The lowest BCUT2D eigenvalue weighted by Crippen LogP contribution is -2.49. The number of amides is 1. The normalized spacial score (nSPS) is 14.1. The second-order valence-corrected chi connectivity index (χ2v) is 9.13. The first-order valence-corrected chi connectivity index (χ1v) is 12.2. The molecule has 1 aliphatic rings. The number of nitrogens with zero attached hydrogens (tertiary/aromatic N) is 4. The summed E-state index contributed by atoms with van der Waals surface area (Å²) in [6.45, 7) is 9.32. The Bertz CT molecular complexity index is 1160. The third-order valence-electron chi connectivity index (χ3n) is 5.77. The highest BCUT2D eigenvalue weighted by atomic mass is 32.1. The smallest absolute Gasteiger partial charge is 0.341 e.